The van der Waals surface area contributed by atoms with E-state index in [2.05, 4.69) is 10.2 Å². The SMILES string of the molecule is C1CCN(CCNC(C2CC2)C2CC2)C1. The summed E-state index contributed by atoms with van der Waals surface area (Å²) in [5.41, 5.74) is 0. The molecule has 0 unspecified atom stereocenters. The molecule has 1 N–H and O–H groups in total. The molecule has 86 valence electrons. The fraction of sp³-hybridized carbons (Fsp3) is 1.00. The highest BCUT2D eigenvalue weighted by Gasteiger charge is 2.40. The van der Waals surface area contributed by atoms with Crippen LogP contribution >= 0.6 is 0 Å². The van der Waals surface area contributed by atoms with Crippen molar-refractivity contribution in [1.82, 2.24) is 10.2 Å². The highest BCUT2D eigenvalue weighted by atomic mass is 15.2. The smallest absolute Gasteiger partial charge is 0.0124 e. The van der Waals surface area contributed by atoms with Crippen LogP contribution in [0.4, 0.5) is 0 Å². The van der Waals surface area contributed by atoms with Gasteiger partial charge in [0.15, 0.2) is 0 Å². The van der Waals surface area contributed by atoms with Gasteiger partial charge in [0.25, 0.3) is 0 Å². The molecule has 2 heteroatoms. The van der Waals surface area contributed by atoms with E-state index in [1.807, 2.05) is 0 Å². The van der Waals surface area contributed by atoms with E-state index >= 15 is 0 Å². The van der Waals surface area contributed by atoms with Gasteiger partial charge < -0.3 is 10.2 Å². The van der Waals surface area contributed by atoms with Crippen LogP contribution in [0.1, 0.15) is 38.5 Å². The standard InChI is InChI=1S/C13H24N2/c1-2-9-15(8-1)10-7-14-13(11-3-4-11)12-5-6-12/h11-14H,1-10H2. The molecule has 0 radical (unpaired) electrons. The lowest BCUT2D eigenvalue weighted by molar-refractivity contribution is 0.314. The molecule has 0 amide bonds. The van der Waals surface area contributed by atoms with Gasteiger partial charge in [0.05, 0.1) is 0 Å². The molecular weight excluding hydrogens is 184 g/mol. The lowest BCUT2D eigenvalue weighted by Crippen LogP contribution is -2.38. The molecule has 3 rings (SSSR count). The Morgan fingerprint density at radius 1 is 1.00 bits per heavy atom. The maximum absolute atomic E-state index is 3.83. The number of rotatable bonds is 6. The van der Waals surface area contributed by atoms with Crippen LogP contribution < -0.4 is 5.32 Å². The third-order valence-corrected chi connectivity index (χ3v) is 4.27. The molecule has 2 aliphatic carbocycles. The molecule has 3 aliphatic rings. The highest BCUT2D eigenvalue weighted by Crippen LogP contribution is 2.44. The van der Waals surface area contributed by atoms with Gasteiger partial charge in [-0.25, -0.2) is 0 Å². The van der Waals surface area contributed by atoms with E-state index in [1.165, 1.54) is 64.7 Å². The van der Waals surface area contributed by atoms with Gasteiger partial charge in [-0.05, 0) is 63.5 Å². The summed E-state index contributed by atoms with van der Waals surface area (Å²) >= 11 is 0. The van der Waals surface area contributed by atoms with Gasteiger partial charge in [0, 0.05) is 19.1 Å². The fourth-order valence-corrected chi connectivity index (χ4v) is 3.02. The van der Waals surface area contributed by atoms with E-state index in [4.69, 9.17) is 0 Å². The summed E-state index contributed by atoms with van der Waals surface area (Å²) in [6.45, 7) is 5.21. The Bertz CT molecular complexity index is 191. The molecule has 1 heterocycles. The minimum absolute atomic E-state index is 0.896. The monoisotopic (exact) mass is 208 g/mol. The van der Waals surface area contributed by atoms with Crippen LogP contribution in [0.3, 0.4) is 0 Å². The van der Waals surface area contributed by atoms with Crippen molar-refractivity contribution in [2.75, 3.05) is 26.2 Å². The number of nitrogens with zero attached hydrogens (tertiary/aromatic N) is 1. The summed E-state index contributed by atoms with van der Waals surface area (Å²) in [6, 6.07) is 0.896. The van der Waals surface area contributed by atoms with Crippen molar-refractivity contribution >= 4 is 0 Å². The van der Waals surface area contributed by atoms with Crippen molar-refractivity contribution in [2.24, 2.45) is 11.8 Å². The van der Waals surface area contributed by atoms with Gasteiger partial charge in [0.1, 0.15) is 0 Å². The van der Waals surface area contributed by atoms with Crippen LogP contribution in [-0.2, 0) is 0 Å². The zero-order valence-electron chi connectivity index (χ0n) is 9.75. The van der Waals surface area contributed by atoms with Crippen LogP contribution in [0.5, 0.6) is 0 Å². The van der Waals surface area contributed by atoms with Gasteiger partial charge in [-0.3, -0.25) is 0 Å². The number of nitrogens with one attached hydrogen (secondary N) is 1. The maximum atomic E-state index is 3.83. The number of hydrogen-bond acceptors (Lipinski definition) is 2. The molecule has 0 atom stereocenters. The summed E-state index contributed by atoms with van der Waals surface area (Å²) in [5, 5.41) is 3.83. The minimum atomic E-state index is 0.896. The van der Waals surface area contributed by atoms with Crippen molar-refractivity contribution in [3.05, 3.63) is 0 Å². The molecule has 0 aromatic rings. The topological polar surface area (TPSA) is 15.3 Å². The normalized spacial score (nSPS) is 27.8. The lowest BCUT2D eigenvalue weighted by atomic mass is 10.1. The van der Waals surface area contributed by atoms with Crippen LogP contribution in [0.15, 0.2) is 0 Å². The first kappa shape index (κ1) is 10.1. The van der Waals surface area contributed by atoms with Crippen LogP contribution in [0.2, 0.25) is 0 Å². The van der Waals surface area contributed by atoms with Crippen molar-refractivity contribution in [2.45, 2.75) is 44.6 Å². The molecule has 15 heavy (non-hydrogen) atoms. The van der Waals surface area contributed by atoms with E-state index in [0.717, 1.165) is 17.9 Å². The second kappa shape index (κ2) is 4.42. The predicted molar refractivity (Wildman–Crippen MR) is 62.9 cm³/mol. The Morgan fingerprint density at radius 2 is 1.60 bits per heavy atom. The minimum Gasteiger partial charge on any atom is -0.312 e. The first-order chi connectivity index (χ1) is 7.43. The highest BCUT2D eigenvalue weighted by molar-refractivity contribution is 4.96. The molecule has 0 aromatic carbocycles. The second-order valence-corrected chi connectivity index (χ2v) is 5.70. The fourth-order valence-electron chi connectivity index (χ4n) is 3.02. The Kier molecular flexibility index (Phi) is 2.98. The summed E-state index contributed by atoms with van der Waals surface area (Å²) in [6.07, 6.45) is 8.84. The lowest BCUT2D eigenvalue weighted by Gasteiger charge is -2.20. The Morgan fingerprint density at radius 3 is 2.13 bits per heavy atom. The van der Waals surface area contributed by atoms with Gasteiger partial charge in [-0.1, -0.05) is 0 Å². The third-order valence-electron chi connectivity index (χ3n) is 4.27. The van der Waals surface area contributed by atoms with E-state index in [9.17, 15) is 0 Å². The molecule has 3 fully saturated rings. The van der Waals surface area contributed by atoms with Crippen LogP contribution in [-0.4, -0.2) is 37.1 Å². The molecule has 1 saturated heterocycles. The number of hydrogen-bond donors (Lipinski definition) is 1. The first-order valence-corrected chi connectivity index (χ1v) is 6.89. The number of likely N-dealkylation sites (tertiary alicyclic amines) is 1. The second-order valence-electron chi connectivity index (χ2n) is 5.70. The molecule has 2 nitrogen and oxygen atoms in total. The average molecular weight is 208 g/mol. The van der Waals surface area contributed by atoms with Crippen molar-refractivity contribution < 1.29 is 0 Å². The summed E-state index contributed by atoms with van der Waals surface area (Å²) in [5.74, 6) is 2.10. The summed E-state index contributed by atoms with van der Waals surface area (Å²) in [4.78, 5) is 2.61. The average Bonchev–Trinajstić information content (AvgIpc) is 3.15. The summed E-state index contributed by atoms with van der Waals surface area (Å²) < 4.78 is 0. The van der Waals surface area contributed by atoms with Gasteiger partial charge >= 0.3 is 0 Å². The molecule has 0 spiro atoms. The molecule has 0 bridgehead atoms. The quantitative estimate of drug-likeness (QED) is 0.717. The van der Waals surface area contributed by atoms with Gasteiger partial charge in [0.2, 0.25) is 0 Å². The predicted octanol–water partition coefficient (Wildman–Crippen LogP) is 1.86. The molecule has 1 aliphatic heterocycles. The van der Waals surface area contributed by atoms with Gasteiger partial charge in [-0.15, -0.1) is 0 Å². The summed E-state index contributed by atoms with van der Waals surface area (Å²) in [7, 11) is 0. The Balaban J connectivity index is 1.36. The van der Waals surface area contributed by atoms with E-state index in [-0.39, 0.29) is 0 Å². The molecule has 0 aromatic heterocycles. The van der Waals surface area contributed by atoms with E-state index in [1.54, 1.807) is 0 Å². The Hall–Kier alpha value is -0.0800. The van der Waals surface area contributed by atoms with Crippen LogP contribution in [0.25, 0.3) is 0 Å². The third kappa shape index (κ3) is 2.73. The van der Waals surface area contributed by atoms with Crippen LogP contribution in [0, 0.1) is 11.8 Å². The first-order valence-electron chi connectivity index (χ1n) is 6.89. The van der Waals surface area contributed by atoms with E-state index < -0.39 is 0 Å². The maximum Gasteiger partial charge on any atom is 0.0124 e. The van der Waals surface area contributed by atoms with Gasteiger partial charge in [-0.2, -0.15) is 0 Å². The molecule has 2 saturated carbocycles. The zero-order chi connectivity index (χ0) is 10.1. The van der Waals surface area contributed by atoms with Crippen molar-refractivity contribution in [3.8, 4) is 0 Å². The molecular formula is C13H24N2. The zero-order valence-corrected chi connectivity index (χ0v) is 9.75. The van der Waals surface area contributed by atoms with Crippen molar-refractivity contribution in [3.63, 3.8) is 0 Å². The largest absolute Gasteiger partial charge is 0.312 e. The Labute approximate surface area is 93.4 Å². The van der Waals surface area contributed by atoms with Crippen molar-refractivity contribution in [1.29, 1.82) is 0 Å². The van der Waals surface area contributed by atoms with E-state index in [0.29, 0.717) is 0 Å².